The summed E-state index contributed by atoms with van der Waals surface area (Å²) in [5, 5.41) is 10.6. The third kappa shape index (κ3) is 4.18. The first-order valence-corrected chi connectivity index (χ1v) is 10.4. The maximum atomic E-state index is 12.1. The molecule has 1 rings (SSSR count). The quantitative estimate of drug-likeness (QED) is 0.811. The van der Waals surface area contributed by atoms with E-state index in [1.165, 1.54) is 6.92 Å². The highest BCUT2D eigenvalue weighted by molar-refractivity contribution is 6.74. The molecule has 0 aliphatic rings. The van der Waals surface area contributed by atoms with Gasteiger partial charge in [0.2, 0.25) is 0 Å². The molecule has 0 unspecified atom stereocenters. The second kappa shape index (κ2) is 6.94. The van der Waals surface area contributed by atoms with Crippen LogP contribution in [0.2, 0.25) is 18.1 Å². The lowest BCUT2D eigenvalue weighted by Gasteiger charge is -2.39. The first-order chi connectivity index (χ1) is 10.0. The Bertz CT molecular complexity index is 520. The summed E-state index contributed by atoms with van der Waals surface area (Å²) in [6.45, 7) is 11.9. The molecule has 0 aliphatic heterocycles. The molecule has 124 valence electrons. The van der Waals surface area contributed by atoms with Crippen LogP contribution in [0.15, 0.2) is 24.3 Å². The number of hydrogen-bond donors (Lipinski definition) is 1. The zero-order valence-corrected chi connectivity index (χ0v) is 15.6. The molecule has 1 aromatic carbocycles. The van der Waals surface area contributed by atoms with Gasteiger partial charge in [0, 0.05) is 5.56 Å². The molecular formula is C17H28O4Si. The molecule has 4 nitrogen and oxygen atoms in total. The molecule has 2 atom stereocenters. The fourth-order valence-electron chi connectivity index (χ4n) is 1.94. The van der Waals surface area contributed by atoms with Gasteiger partial charge in [-0.1, -0.05) is 39.0 Å². The highest BCUT2D eigenvalue weighted by atomic mass is 28.4. The molecule has 0 saturated carbocycles. The van der Waals surface area contributed by atoms with Crippen molar-refractivity contribution < 1.29 is 19.1 Å². The SMILES string of the molecule is COc1ccccc1[C@H](O)[C@@H](O[Si](C)(C)C(C)(C)C)C(C)=O. The molecule has 0 bridgehead atoms. The lowest BCUT2D eigenvalue weighted by Crippen LogP contribution is -2.47. The van der Waals surface area contributed by atoms with E-state index < -0.39 is 20.5 Å². The van der Waals surface area contributed by atoms with Crippen molar-refractivity contribution >= 4 is 14.1 Å². The average Bonchev–Trinajstić information content (AvgIpc) is 2.42. The molecule has 1 aromatic rings. The molecule has 5 heteroatoms. The normalized spacial score (nSPS) is 15.3. The average molecular weight is 324 g/mol. The Balaban J connectivity index is 3.13. The van der Waals surface area contributed by atoms with Gasteiger partial charge in [0.05, 0.1) is 7.11 Å². The Kier molecular flexibility index (Phi) is 5.95. The standard InChI is InChI=1S/C17H28O4Si/c1-12(18)16(21-22(6,7)17(2,3)4)15(19)13-10-8-9-11-14(13)20-5/h8-11,15-16,19H,1-7H3/t15-,16-/m0/s1. The van der Waals surface area contributed by atoms with Crippen molar-refractivity contribution in [3.63, 3.8) is 0 Å². The lowest BCUT2D eigenvalue weighted by molar-refractivity contribution is -0.129. The molecule has 0 saturated heterocycles. The number of Topliss-reactive ketones (excluding diaryl/α,β-unsaturated/α-hetero) is 1. The van der Waals surface area contributed by atoms with Crippen molar-refractivity contribution in [1.29, 1.82) is 0 Å². The second-order valence-corrected chi connectivity index (χ2v) is 11.9. The van der Waals surface area contributed by atoms with Gasteiger partial charge in [-0.05, 0) is 31.1 Å². The first kappa shape index (κ1) is 18.9. The maximum Gasteiger partial charge on any atom is 0.193 e. The minimum absolute atomic E-state index is 0.0405. The van der Waals surface area contributed by atoms with Crippen molar-refractivity contribution in [2.24, 2.45) is 0 Å². The summed E-state index contributed by atoms with van der Waals surface area (Å²) in [7, 11) is -0.631. The van der Waals surface area contributed by atoms with Crippen LogP contribution in [-0.2, 0) is 9.22 Å². The number of rotatable bonds is 6. The smallest absolute Gasteiger partial charge is 0.193 e. The van der Waals surface area contributed by atoms with Crippen LogP contribution in [0, 0.1) is 0 Å². The third-order valence-corrected chi connectivity index (χ3v) is 8.83. The molecule has 0 aliphatic carbocycles. The fourth-order valence-corrected chi connectivity index (χ4v) is 3.22. The lowest BCUT2D eigenvalue weighted by atomic mass is 10.0. The van der Waals surface area contributed by atoms with E-state index in [1.807, 2.05) is 12.1 Å². The van der Waals surface area contributed by atoms with E-state index in [-0.39, 0.29) is 10.8 Å². The monoisotopic (exact) mass is 324 g/mol. The van der Waals surface area contributed by atoms with Crippen molar-refractivity contribution in [2.75, 3.05) is 7.11 Å². The van der Waals surface area contributed by atoms with Gasteiger partial charge in [0.15, 0.2) is 14.1 Å². The second-order valence-electron chi connectivity index (χ2n) is 7.10. The number of benzene rings is 1. The van der Waals surface area contributed by atoms with Gasteiger partial charge in [-0.25, -0.2) is 0 Å². The predicted molar refractivity (Wildman–Crippen MR) is 90.7 cm³/mol. The molecule has 1 N–H and O–H groups in total. The Labute approximate surface area is 134 Å². The molecule has 0 spiro atoms. The third-order valence-electron chi connectivity index (χ3n) is 4.37. The van der Waals surface area contributed by atoms with Gasteiger partial charge >= 0.3 is 0 Å². The number of carbonyl (C=O) groups is 1. The van der Waals surface area contributed by atoms with E-state index >= 15 is 0 Å². The summed E-state index contributed by atoms with van der Waals surface area (Å²) in [6, 6.07) is 7.16. The van der Waals surface area contributed by atoms with Gasteiger partial charge in [0.25, 0.3) is 0 Å². The number of carbonyl (C=O) groups excluding carboxylic acids is 1. The van der Waals surface area contributed by atoms with Crippen LogP contribution in [0.25, 0.3) is 0 Å². The Morgan fingerprint density at radius 1 is 1.23 bits per heavy atom. The summed E-state index contributed by atoms with van der Waals surface area (Å²) in [6.07, 6.45) is -1.92. The highest BCUT2D eigenvalue weighted by Crippen LogP contribution is 2.39. The Morgan fingerprint density at radius 2 is 1.77 bits per heavy atom. The van der Waals surface area contributed by atoms with Crippen molar-refractivity contribution in [2.45, 2.75) is 58.0 Å². The van der Waals surface area contributed by atoms with Gasteiger partial charge in [-0.3, -0.25) is 4.79 Å². The number of aliphatic hydroxyl groups is 1. The largest absolute Gasteiger partial charge is 0.496 e. The van der Waals surface area contributed by atoms with Crippen molar-refractivity contribution in [1.82, 2.24) is 0 Å². The summed E-state index contributed by atoms with van der Waals surface area (Å²) >= 11 is 0. The minimum Gasteiger partial charge on any atom is -0.496 e. The number of ketones is 1. The summed E-state index contributed by atoms with van der Waals surface area (Å²) in [5.74, 6) is 0.378. The van der Waals surface area contributed by atoms with Crippen LogP contribution < -0.4 is 4.74 Å². The van der Waals surface area contributed by atoms with E-state index in [4.69, 9.17) is 9.16 Å². The van der Waals surface area contributed by atoms with E-state index in [0.29, 0.717) is 11.3 Å². The summed E-state index contributed by atoms with van der Waals surface area (Å²) < 4.78 is 11.4. The summed E-state index contributed by atoms with van der Waals surface area (Å²) in [5.41, 5.74) is 0.573. The van der Waals surface area contributed by atoms with Gasteiger partial charge in [-0.2, -0.15) is 0 Å². The molecule has 0 aromatic heterocycles. The number of hydrogen-bond acceptors (Lipinski definition) is 4. The number of para-hydroxylation sites is 1. The van der Waals surface area contributed by atoms with Crippen molar-refractivity contribution in [3.8, 4) is 5.75 Å². The molecule has 0 heterocycles. The summed E-state index contributed by atoms with van der Waals surface area (Å²) in [4.78, 5) is 12.1. The van der Waals surface area contributed by atoms with E-state index in [2.05, 4.69) is 33.9 Å². The molecule has 0 radical (unpaired) electrons. The molecule has 0 fully saturated rings. The molecular weight excluding hydrogens is 296 g/mol. The van der Waals surface area contributed by atoms with Gasteiger partial charge in [-0.15, -0.1) is 0 Å². The maximum absolute atomic E-state index is 12.1. The van der Waals surface area contributed by atoms with E-state index in [9.17, 15) is 9.90 Å². The van der Waals surface area contributed by atoms with Gasteiger partial charge < -0.3 is 14.3 Å². The van der Waals surface area contributed by atoms with Crippen LogP contribution in [0.1, 0.15) is 39.4 Å². The number of methoxy groups -OCH3 is 1. The minimum atomic E-state index is -2.18. The van der Waals surface area contributed by atoms with Crippen LogP contribution in [0.3, 0.4) is 0 Å². The zero-order chi connectivity index (χ0) is 17.1. The molecule has 22 heavy (non-hydrogen) atoms. The Hall–Kier alpha value is -1.17. The van der Waals surface area contributed by atoms with Crippen LogP contribution in [-0.4, -0.2) is 32.4 Å². The zero-order valence-electron chi connectivity index (χ0n) is 14.6. The van der Waals surface area contributed by atoms with Gasteiger partial charge in [0.1, 0.15) is 18.0 Å². The van der Waals surface area contributed by atoms with Crippen molar-refractivity contribution in [3.05, 3.63) is 29.8 Å². The fraction of sp³-hybridized carbons (Fsp3) is 0.588. The van der Waals surface area contributed by atoms with E-state index in [1.54, 1.807) is 19.2 Å². The Morgan fingerprint density at radius 3 is 2.23 bits per heavy atom. The number of aliphatic hydroxyl groups excluding tert-OH is 1. The first-order valence-electron chi connectivity index (χ1n) is 7.50. The highest BCUT2D eigenvalue weighted by Gasteiger charge is 2.42. The van der Waals surface area contributed by atoms with Crippen LogP contribution >= 0.6 is 0 Å². The topological polar surface area (TPSA) is 55.8 Å². The molecule has 0 amide bonds. The van der Waals surface area contributed by atoms with Crippen LogP contribution in [0.5, 0.6) is 5.75 Å². The predicted octanol–water partition coefficient (Wildman–Crippen LogP) is 3.71. The number of ether oxygens (including phenoxy) is 1. The van der Waals surface area contributed by atoms with Crippen LogP contribution in [0.4, 0.5) is 0 Å². The van der Waals surface area contributed by atoms with E-state index in [0.717, 1.165) is 0 Å².